The summed E-state index contributed by atoms with van der Waals surface area (Å²) in [6.45, 7) is 5.47. The van der Waals surface area contributed by atoms with Crippen LogP contribution in [0.5, 0.6) is 5.75 Å². The molecule has 0 aliphatic heterocycles. The summed E-state index contributed by atoms with van der Waals surface area (Å²) in [6.07, 6.45) is 2.63. The second-order valence-electron chi connectivity index (χ2n) is 5.70. The lowest BCUT2D eigenvalue weighted by molar-refractivity contribution is 0.299. The van der Waals surface area contributed by atoms with Crippen molar-refractivity contribution < 1.29 is 4.74 Å². The number of rotatable bonds is 6. The second kappa shape index (κ2) is 6.12. The van der Waals surface area contributed by atoms with Gasteiger partial charge in [-0.25, -0.2) is 9.97 Å². The van der Waals surface area contributed by atoms with E-state index in [1.165, 1.54) is 18.4 Å². The number of hydrogen-bond acceptors (Lipinski definition) is 4. The number of aryl methyl sites for hydroxylation is 2. The van der Waals surface area contributed by atoms with E-state index >= 15 is 0 Å². The van der Waals surface area contributed by atoms with Crippen LogP contribution in [0.3, 0.4) is 0 Å². The standard InChI is InChI=1S/C17H21N3O/c1-12-8-17(20-13(2)19-12)18-10-15-4-3-5-16(9-15)21-11-14-6-7-14/h3-5,8-9,14H,6-7,10-11H2,1-2H3,(H,18,19,20). The zero-order chi connectivity index (χ0) is 14.7. The van der Waals surface area contributed by atoms with Gasteiger partial charge in [0.05, 0.1) is 6.61 Å². The normalized spacial score (nSPS) is 14.0. The maximum Gasteiger partial charge on any atom is 0.130 e. The molecular formula is C17H21N3O. The number of aromatic nitrogens is 2. The highest BCUT2D eigenvalue weighted by Crippen LogP contribution is 2.29. The van der Waals surface area contributed by atoms with E-state index in [9.17, 15) is 0 Å². The van der Waals surface area contributed by atoms with Crippen LogP contribution in [0.25, 0.3) is 0 Å². The molecule has 1 N–H and O–H groups in total. The molecule has 0 radical (unpaired) electrons. The minimum atomic E-state index is 0.733. The molecular weight excluding hydrogens is 262 g/mol. The molecule has 4 heteroatoms. The van der Waals surface area contributed by atoms with E-state index in [2.05, 4.69) is 27.4 Å². The third-order valence-electron chi connectivity index (χ3n) is 3.52. The van der Waals surface area contributed by atoms with E-state index in [1.807, 2.05) is 32.0 Å². The first-order valence-corrected chi connectivity index (χ1v) is 7.47. The minimum Gasteiger partial charge on any atom is -0.493 e. The molecule has 1 heterocycles. The molecule has 110 valence electrons. The summed E-state index contributed by atoms with van der Waals surface area (Å²) >= 11 is 0. The fourth-order valence-corrected chi connectivity index (χ4v) is 2.24. The zero-order valence-corrected chi connectivity index (χ0v) is 12.6. The lowest BCUT2D eigenvalue weighted by Crippen LogP contribution is -2.04. The number of nitrogens with one attached hydrogen (secondary N) is 1. The number of anilines is 1. The third kappa shape index (κ3) is 4.18. The lowest BCUT2D eigenvalue weighted by Gasteiger charge is -2.09. The van der Waals surface area contributed by atoms with Gasteiger partial charge in [-0.1, -0.05) is 12.1 Å². The molecule has 0 amide bonds. The topological polar surface area (TPSA) is 47.0 Å². The van der Waals surface area contributed by atoms with Crippen LogP contribution in [0.4, 0.5) is 5.82 Å². The van der Waals surface area contributed by atoms with Gasteiger partial charge in [-0.3, -0.25) is 0 Å². The Kier molecular flexibility index (Phi) is 4.04. The van der Waals surface area contributed by atoms with Crippen LogP contribution < -0.4 is 10.1 Å². The molecule has 0 unspecified atom stereocenters. The summed E-state index contributed by atoms with van der Waals surface area (Å²) in [6, 6.07) is 10.2. The summed E-state index contributed by atoms with van der Waals surface area (Å²) in [4.78, 5) is 8.66. The van der Waals surface area contributed by atoms with Crippen LogP contribution in [0, 0.1) is 19.8 Å². The molecule has 1 aromatic heterocycles. The average molecular weight is 283 g/mol. The third-order valence-corrected chi connectivity index (χ3v) is 3.52. The first kappa shape index (κ1) is 13.9. The summed E-state index contributed by atoms with van der Waals surface area (Å²) in [5.41, 5.74) is 2.17. The Morgan fingerprint density at radius 3 is 2.81 bits per heavy atom. The molecule has 1 aliphatic rings. The minimum absolute atomic E-state index is 0.733. The van der Waals surface area contributed by atoms with Gasteiger partial charge >= 0.3 is 0 Å². The molecule has 1 aliphatic carbocycles. The van der Waals surface area contributed by atoms with Crippen molar-refractivity contribution in [1.82, 2.24) is 9.97 Å². The predicted octanol–water partition coefficient (Wildman–Crippen LogP) is 3.49. The largest absolute Gasteiger partial charge is 0.493 e. The summed E-state index contributed by atoms with van der Waals surface area (Å²) in [5.74, 6) is 3.39. The molecule has 0 spiro atoms. The van der Waals surface area contributed by atoms with Crippen molar-refractivity contribution in [3.63, 3.8) is 0 Å². The average Bonchev–Trinajstić information content (AvgIpc) is 3.27. The van der Waals surface area contributed by atoms with Gasteiger partial charge < -0.3 is 10.1 Å². The molecule has 4 nitrogen and oxygen atoms in total. The van der Waals surface area contributed by atoms with Crippen LogP contribution in [-0.2, 0) is 6.54 Å². The van der Waals surface area contributed by atoms with Gasteiger partial charge in [-0.15, -0.1) is 0 Å². The quantitative estimate of drug-likeness (QED) is 0.881. The molecule has 3 rings (SSSR count). The Morgan fingerprint density at radius 2 is 2.05 bits per heavy atom. The highest BCUT2D eigenvalue weighted by molar-refractivity contribution is 5.38. The molecule has 1 saturated carbocycles. The Balaban J connectivity index is 1.59. The fourth-order valence-electron chi connectivity index (χ4n) is 2.24. The van der Waals surface area contributed by atoms with Gasteiger partial charge in [0.25, 0.3) is 0 Å². The van der Waals surface area contributed by atoms with Gasteiger partial charge in [-0.2, -0.15) is 0 Å². The van der Waals surface area contributed by atoms with E-state index in [1.54, 1.807) is 0 Å². The Hall–Kier alpha value is -2.10. The lowest BCUT2D eigenvalue weighted by atomic mass is 10.2. The Labute approximate surface area is 125 Å². The SMILES string of the molecule is Cc1cc(NCc2cccc(OCC3CC3)c2)nc(C)n1. The van der Waals surface area contributed by atoms with Gasteiger partial charge in [0.1, 0.15) is 17.4 Å². The molecule has 1 aromatic carbocycles. The van der Waals surface area contributed by atoms with Gasteiger partial charge in [0.15, 0.2) is 0 Å². The molecule has 0 atom stereocenters. The monoisotopic (exact) mass is 283 g/mol. The Bertz CT molecular complexity index is 603. The van der Waals surface area contributed by atoms with Crippen molar-refractivity contribution in [2.75, 3.05) is 11.9 Å². The highest BCUT2D eigenvalue weighted by Gasteiger charge is 2.21. The van der Waals surface area contributed by atoms with Crippen LogP contribution in [0.1, 0.15) is 29.9 Å². The van der Waals surface area contributed by atoms with Crippen LogP contribution in [-0.4, -0.2) is 16.6 Å². The van der Waals surface area contributed by atoms with Gasteiger partial charge in [-0.05, 0) is 50.3 Å². The van der Waals surface area contributed by atoms with E-state index in [0.717, 1.165) is 42.2 Å². The molecule has 21 heavy (non-hydrogen) atoms. The molecule has 0 bridgehead atoms. The maximum atomic E-state index is 5.81. The van der Waals surface area contributed by atoms with Gasteiger partial charge in [0.2, 0.25) is 0 Å². The highest BCUT2D eigenvalue weighted by atomic mass is 16.5. The van der Waals surface area contributed by atoms with Crippen LogP contribution in [0.15, 0.2) is 30.3 Å². The first-order chi connectivity index (χ1) is 10.2. The summed E-state index contributed by atoms with van der Waals surface area (Å²) in [7, 11) is 0. The fraction of sp³-hybridized carbons (Fsp3) is 0.412. The van der Waals surface area contributed by atoms with E-state index in [-0.39, 0.29) is 0 Å². The first-order valence-electron chi connectivity index (χ1n) is 7.47. The van der Waals surface area contributed by atoms with Crippen LogP contribution in [0.2, 0.25) is 0 Å². The van der Waals surface area contributed by atoms with Crippen molar-refractivity contribution in [1.29, 1.82) is 0 Å². The van der Waals surface area contributed by atoms with E-state index in [0.29, 0.717) is 0 Å². The van der Waals surface area contributed by atoms with Crippen molar-refractivity contribution in [3.05, 3.63) is 47.4 Å². The molecule has 0 saturated heterocycles. The van der Waals surface area contributed by atoms with Gasteiger partial charge in [0, 0.05) is 18.3 Å². The van der Waals surface area contributed by atoms with Crippen molar-refractivity contribution >= 4 is 5.82 Å². The predicted molar refractivity (Wildman–Crippen MR) is 83.5 cm³/mol. The zero-order valence-electron chi connectivity index (χ0n) is 12.6. The van der Waals surface area contributed by atoms with Crippen molar-refractivity contribution in [3.8, 4) is 5.75 Å². The smallest absolute Gasteiger partial charge is 0.130 e. The number of ether oxygens (including phenoxy) is 1. The summed E-state index contributed by atoms with van der Waals surface area (Å²) < 4.78 is 5.81. The van der Waals surface area contributed by atoms with E-state index in [4.69, 9.17) is 4.74 Å². The van der Waals surface area contributed by atoms with Crippen molar-refractivity contribution in [2.24, 2.45) is 5.92 Å². The number of hydrogen-bond donors (Lipinski definition) is 1. The summed E-state index contributed by atoms with van der Waals surface area (Å²) in [5, 5.41) is 3.34. The van der Waals surface area contributed by atoms with Crippen molar-refractivity contribution in [2.45, 2.75) is 33.2 Å². The Morgan fingerprint density at radius 1 is 1.19 bits per heavy atom. The maximum absolute atomic E-state index is 5.81. The second-order valence-corrected chi connectivity index (χ2v) is 5.70. The van der Waals surface area contributed by atoms with Crippen LogP contribution >= 0.6 is 0 Å². The number of nitrogens with zero attached hydrogens (tertiary/aromatic N) is 2. The molecule has 2 aromatic rings. The van der Waals surface area contributed by atoms with E-state index < -0.39 is 0 Å². The molecule has 1 fully saturated rings. The number of benzene rings is 1.